The van der Waals surface area contributed by atoms with Gasteiger partial charge < -0.3 is 16.0 Å². The number of benzene rings is 2. The monoisotopic (exact) mass is 365 g/mol. The van der Waals surface area contributed by atoms with Gasteiger partial charge in [0.05, 0.1) is 6.04 Å². The van der Waals surface area contributed by atoms with Gasteiger partial charge >= 0.3 is 0 Å². The number of hydrogen-bond acceptors (Lipinski definition) is 3. The predicted octanol–water partition coefficient (Wildman–Crippen LogP) is 2.79. The van der Waals surface area contributed by atoms with Crippen molar-refractivity contribution >= 4 is 17.5 Å². The van der Waals surface area contributed by atoms with Crippen LogP contribution in [0.3, 0.4) is 0 Å². The summed E-state index contributed by atoms with van der Waals surface area (Å²) in [5, 5.41) is 9.11. The molecule has 5 nitrogen and oxygen atoms in total. The maximum atomic E-state index is 12.8. The second kappa shape index (κ2) is 8.35. The normalized spacial score (nSPS) is 17.1. The van der Waals surface area contributed by atoms with E-state index in [1.54, 1.807) is 0 Å². The van der Waals surface area contributed by atoms with Gasteiger partial charge in [0.2, 0.25) is 11.8 Å². The minimum Gasteiger partial charge on any atom is -0.343 e. The second-order valence-electron chi connectivity index (χ2n) is 7.49. The van der Waals surface area contributed by atoms with Crippen LogP contribution in [0.25, 0.3) is 0 Å². The zero-order chi connectivity index (χ0) is 19.4. The molecule has 2 atom stereocenters. The number of hydrogen-bond donors (Lipinski definition) is 3. The van der Waals surface area contributed by atoms with Crippen LogP contribution in [0.1, 0.15) is 30.5 Å². The summed E-state index contributed by atoms with van der Waals surface area (Å²) in [5.41, 5.74) is 4.27. The molecule has 1 heterocycles. The van der Waals surface area contributed by atoms with E-state index in [-0.39, 0.29) is 23.8 Å². The lowest BCUT2D eigenvalue weighted by Crippen LogP contribution is -2.54. The molecule has 0 saturated carbocycles. The maximum absolute atomic E-state index is 12.8. The lowest BCUT2D eigenvalue weighted by atomic mass is 9.94. The highest BCUT2D eigenvalue weighted by Crippen LogP contribution is 2.17. The zero-order valence-corrected chi connectivity index (χ0v) is 16.1. The summed E-state index contributed by atoms with van der Waals surface area (Å²) in [6, 6.07) is 14.8. The zero-order valence-electron chi connectivity index (χ0n) is 16.1. The first-order chi connectivity index (χ1) is 12.9. The van der Waals surface area contributed by atoms with E-state index in [1.807, 2.05) is 57.2 Å². The summed E-state index contributed by atoms with van der Waals surface area (Å²) >= 11 is 0. The molecular weight excluding hydrogens is 338 g/mol. The van der Waals surface area contributed by atoms with E-state index in [9.17, 15) is 9.59 Å². The summed E-state index contributed by atoms with van der Waals surface area (Å²) in [7, 11) is 0. The molecule has 2 amide bonds. The smallest absolute Gasteiger partial charge is 0.247 e. The Balaban J connectivity index is 1.64. The number of amides is 2. The van der Waals surface area contributed by atoms with Crippen LogP contribution in [0, 0.1) is 12.8 Å². The number of carbonyl (C=O) groups is 2. The molecule has 0 bridgehead atoms. The van der Waals surface area contributed by atoms with Gasteiger partial charge in [-0.3, -0.25) is 9.59 Å². The van der Waals surface area contributed by atoms with Crippen molar-refractivity contribution in [2.45, 2.75) is 45.8 Å². The van der Waals surface area contributed by atoms with Crippen molar-refractivity contribution in [3.8, 4) is 0 Å². The van der Waals surface area contributed by atoms with E-state index < -0.39 is 6.04 Å². The van der Waals surface area contributed by atoms with Crippen LogP contribution in [0.4, 0.5) is 5.69 Å². The number of carbonyl (C=O) groups excluding carboxylic acids is 2. The van der Waals surface area contributed by atoms with Crippen molar-refractivity contribution in [1.82, 2.24) is 10.6 Å². The van der Waals surface area contributed by atoms with Crippen molar-refractivity contribution in [3.05, 3.63) is 65.2 Å². The predicted molar refractivity (Wildman–Crippen MR) is 107 cm³/mol. The summed E-state index contributed by atoms with van der Waals surface area (Å²) < 4.78 is 0. The van der Waals surface area contributed by atoms with Gasteiger partial charge in [0.25, 0.3) is 0 Å². The van der Waals surface area contributed by atoms with Gasteiger partial charge in [0.1, 0.15) is 6.04 Å². The molecule has 2 aromatic carbocycles. The van der Waals surface area contributed by atoms with Crippen molar-refractivity contribution in [1.29, 1.82) is 0 Å². The first-order valence-corrected chi connectivity index (χ1v) is 9.42. The summed E-state index contributed by atoms with van der Waals surface area (Å²) in [5.74, 6) is -0.351. The van der Waals surface area contributed by atoms with Crippen LogP contribution < -0.4 is 16.0 Å². The van der Waals surface area contributed by atoms with Crippen LogP contribution in [0.5, 0.6) is 0 Å². The molecule has 2 unspecified atom stereocenters. The molecule has 5 heteroatoms. The fourth-order valence-corrected chi connectivity index (χ4v) is 3.29. The van der Waals surface area contributed by atoms with Gasteiger partial charge in [-0.15, -0.1) is 0 Å². The minimum absolute atomic E-state index is 0.0183. The van der Waals surface area contributed by atoms with Crippen molar-refractivity contribution < 1.29 is 9.59 Å². The molecule has 0 radical (unpaired) electrons. The van der Waals surface area contributed by atoms with E-state index >= 15 is 0 Å². The number of aryl methyl sites for hydroxylation is 1. The largest absolute Gasteiger partial charge is 0.343 e. The molecule has 2 aromatic rings. The second-order valence-corrected chi connectivity index (χ2v) is 7.49. The van der Waals surface area contributed by atoms with E-state index in [1.165, 1.54) is 11.1 Å². The molecule has 0 saturated heterocycles. The van der Waals surface area contributed by atoms with E-state index in [0.717, 1.165) is 11.3 Å². The first kappa shape index (κ1) is 19.1. The fraction of sp³-hybridized carbons (Fsp3) is 0.364. The van der Waals surface area contributed by atoms with Gasteiger partial charge in [-0.1, -0.05) is 55.8 Å². The van der Waals surface area contributed by atoms with Gasteiger partial charge in [0, 0.05) is 12.2 Å². The quantitative estimate of drug-likeness (QED) is 0.763. The van der Waals surface area contributed by atoms with Crippen molar-refractivity contribution in [3.63, 3.8) is 0 Å². The molecule has 0 fully saturated rings. The first-order valence-electron chi connectivity index (χ1n) is 9.42. The highest BCUT2D eigenvalue weighted by atomic mass is 16.2. The van der Waals surface area contributed by atoms with Gasteiger partial charge in [-0.05, 0) is 42.5 Å². The van der Waals surface area contributed by atoms with Crippen LogP contribution in [-0.2, 0) is 22.6 Å². The van der Waals surface area contributed by atoms with Gasteiger partial charge in [-0.2, -0.15) is 0 Å². The summed E-state index contributed by atoms with van der Waals surface area (Å²) in [6.07, 6.45) is 0.631. The van der Waals surface area contributed by atoms with E-state index in [4.69, 9.17) is 0 Å². The fourth-order valence-electron chi connectivity index (χ4n) is 3.29. The number of nitrogens with one attached hydrogen (secondary N) is 3. The maximum Gasteiger partial charge on any atom is 0.247 e. The molecule has 0 aromatic heterocycles. The Kier molecular flexibility index (Phi) is 5.91. The molecule has 0 spiro atoms. The third-order valence-electron chi connectivity index (χ3n) is 4.96. The van der Waals surface area contributed by atoms with Crippen LogP contribution >= 0.6 is 0 Å². The molecular formula is C22H27N3O2. The Morgan fingerprint density at radius 3 is 2.37 bits per heavy atom. The van der Waals surface area contributed by atoms with Crippen molar-refractivity contribution in [2.75, 3.05) is 5.32 Å². The molecule has 27 heavy (non-hydrogen) atoms. The van der Waals surface area contributed by atoms with E-state index in [0.29, 0.717) is 13.0 Å². The molecule has 1 aliphatic rings. The number of rotatable bonds is 5. The highest BCUT2D eigenvalue weighted by molar-refractivity contribution is 5.98. The third-order valence-corrected chi connectivity index (χ3v) is 4.96. The van der Waals surface area contributed by atoms with E-state index in [2.05, 4.69) is 28.1 Å². The Hall–Kier alpha value is -2.66. The average molecular weight is 365 g/mol. The lowest BCUT2D eigenvalue weighted by Gasteiger charge is -2.28. The molecule has 142 valence electrons. The summed E-state index contributed by atoms with van der Waals surface area (Å²) in [6.45, 7) is 6.53. The molecule has 1 aliphatic heterocycles. The SMILES string of the molecule is Cc1ccc(NC(=O)C(NC(=O)C2Cc3ccccc3CN2)C(C)C)cc1. The Morgan fingerprint density at radius 1 is 1.04 bits per heavy atom. The average Bonchev–Trinajstić information content (AvgIpc) is 2.67. The topological polar surface area (TPSA) is 70.2 Å². The Bertz CT molecular complexity index is 815. The standard InChI is InChI=1S/C22H27N3O2/c1-14(2)20(22(27)24-18-10-8-15(3)9-11-18)25-21(26)19-12-16-6-4-5-7-17(16)13-23-19/h4-11,14,19-20,23H,12-13H2,1-3H3,(H,24,27)(H,25,26). The molecule has 3 rings (SSSR count). The van der Waals surface area contributed by atoms with Gasteiger partial charge in [0.15, 0.2) is 0 Å². The van der Waals surface area contributed by atoms with Crippen molar-refractivity contribution in [2.24, 2.45) is 5.92 Å². The van der Waals surface area contributed by atoms with Crippen LogP contribution in [-0.4, -0.2) is 23.9 Å². The minimum atomic E-state index is -0.585. The Labute approximate surface area is 160 Å². The number of anilines is 1. The molecule has 3 N–H and O–H groups in total. The third kappa shape index (κ3) is 4.74. The number of fused-ring (bicyclic) bond motifs is 1. The summed E-state index contributed by atoms with van der Waals surface area (Å²) in [4.78, 5) is 25.5. The molecule has 0 aliphatic carbocycles. The Morgan fingerprint density at radius 2 is 1.70 bits per heavy atom. The van der Waals surface area contributed by atoms with Crippen LogP contribution in [0.15, 0.2) is 48.5 Å². The lowest BCUT2D eigenvalue weighted by molar-refractivity contribution is -0.128. The van der Waals surface area contributed by atoms with Gasteiger partial charge in [-0.25, -0.2) is 0 Å². The van der Waals surface area contributed by atoms with Crippen LogP contribution in [0.2, 0.25) is 0 Å². The highest BCUT2D eigenvalue weighted by Gasteiger charge is 2.29.